The van der Waals surface area contributed by atoms with E-state index in [9.17, 15) is 9.90 Å². The van der Waals surface area contributed by atoms with Crippen LogP contribution in [-0.2, 0) is 9.22 Å². The van der Waals surface area contributed by atoms with E-state index in [1.807, 2.05) is 6.92 Å². The molecule has 0 amide bonds. The molecule has 102 valence electrons. The Hall–Kier alpha value is -0.393. The Bertz CT molecular complexity index is 261. The van der Waals surface area contributed by atoms with Gasteiger partial charge >= 0.3 is 0 Å². The van der Waals surface area contributed by atoms with Crippen molar-refractivity contribution in [2.45, 2.75) is 51.9 Å². The number of hydrogen-bond acceptors (Lipinski definition) is 4. The topological polar surface area (TPSA) is 61.4 Å². The number of carbonyl (C=O) groups excluding carboxylic acids is 1. The van der Waals surface area contributed by atoms with Gasteiger partial charge in [-0.3, -0.25) is 0 Å². The summed E-state index contributed by atoms with van der Waals surface area (Å²) in [6.07, 6.45) is -0.326. The molecule has 0 rings (SSSR count). The normalized spacial score (nSPS) is 16.6. The van der Waals surface area contributed by atoms with Crippen LogP contribution in [0.1, 0.15) is 27.7 Å². The summed E-state index contributed by atoms with van der Waals surface area (Å²) < 4.78 is 6.06. The maximum Gasteiger partial charge on any atom is 0.192 e. The van der Waals surface area contributed by atoms with Gasteiger partial charge in [0.1, 0.15) is 0 Å². The SMILES string of the molecule is CNCC(C(=O)[O-])C(C)O[Si](C)(C)C(C)(C)C. The molecule has 0 spiro atoms. The van der Waals surface area contributed by atoms with Crippen LogP contribution in [0.2, 0.25) is 18.1 Å². The standard InChI is InChI=1S/C12H27NO3Si/c1-9(10(8-13-5)11(14)15)16-17(6,7)12(2,3)4/h9-10,13H,8H2,1-7H3,(H,14,15)/p-1. The molecule has 0 heterocycles. The molecule has 0 aromatic heterocycles. The molecule has 1 N–H and O–H groups in total. The first-order chi connectivity index (χ1) is 7.53. The van der Waals surface area contributed by atoms with Crippen LogP contribution in [0.15, 0.2) is 0 Å². The van der Waals surface area contributed by atoms with Crippen molar-refractivity contribution in [2.75, 3.05) is 13.6 Å². The minimum atomic E-state index is -1.92. The van der Waals surface area contributed by atoms with E-state index in [1.54, 1.807) is 7.05 Å². The van der Waals surface area contributed by atoms with Crippen molar-refractivity contribution in [3.05, 3.63) is 0 Å². The minimum Gasteiger partial charge on any atom is -0.550 e. The number of hydrogen-bond donors (Lipinski definition) is 1. The average molecular weight is 260 g/mol. The highest BCUT2D eigenvalue weighted by Gasteiger charge is 2.39. The lowest BCUT2D eigenvalue weighted by molar-refractivity contribution is -0.313. The van der Waals surface area contributed by atoms with Gasteiger partial charge in [0.15, 0.2) is 8.32 Å². The summed E-state index contributed by atoms with van der Waals surface area (Å²) in [4.78, 5) is 11.1. The highest BCUT2D eigenvalue weighted by molar-refractivity contribution is 6.74. The first-order valence-corrected chi connectivity index (χ1v) is 8.97. The molecule has 5 heteroatoms. The summed E-state index contributed by atoms with van der Waals surface area (Å²) in [7, 11) is -0.193. The Balaban J connectivity index is 4.71. The quantitative estimate of drug-likeness (QED) is 0.723. The molecule has 0 aliphatic rings. The van der Waals surface area contributed by atoms with Crippen LogP contribution in [0, 0.1) is 5.92 Å². The number of rotatable bonds is 6. The lowest BCUT2D eigenvalue weighted by Crippen LogP contribution is -2.50. The van der Waals surface area contributed by atoms with Crippen molar-refractivity contribution in [2.24, 2.45) is 5.92 Å². The fraction of sp³-hybridized carbons (Fsp3) is 0.917. The third-order valence-corrected chi connectivity index (χ3v) is 8.15. The van der Waals surface area contributed by atoms with Crippen molar-refractivity contribution < 1.29 is 14.3 Å². The van der Waals surface area contributed by atoms with E-state index in [0.717, 1.165) is 0 Å². The Kier molecular flexibility index (Phi) is 5.84. The fourth-order valence-corrected chi connectivity index (χ4v) is 2.83. The number of aliphatic carboxylic acids is 1. The highest BCUT2D eigenvalue weighted by Crippen LogP contribution is 2.37. The molecule has 17 heavy (non-hydrogen) atoms. The van der Waals surface area contributed by atoms with E-state index in [1.165, 1.54) is 0 Å². The van der Waals surface area contributed by atoms with Gasteiger partial charge in [0, 0.05) is 18.4 Å². The van der Waals surface area contributed by atoms with Crippen molar-refractivity contribution >= 4 is 14.3 Å². The molecule has 0 fully saturated rings. The van der Waals surface area contributed by atoms with E-state index in [2.05, 4.69) is 39.2 Å². The van der Waals surface area contributed by atoms with Gasteiger partial charge < -0.3 is 19.6 Å². The monoisotopic (exact) mass is 260 g/mol. The maximum atomic E-state index is 11.1. The zero-order valence-electron chi connectivity index (χ0n) is 12.1. The predicted octanol–water partition coefficient (Wildman–Crippen LogP) is 0.982. The summed E-state index contributed by atoms with van der Waals surface area (Å²) in [6, 6.07) is 0. The van der Waals surface area contributed by atoms with Crippen molar-refractivity contribution in [1.29, 1.82) is 0 Å². The Morgan fingerprint density at radius 1 is 1.41 bits per heavy atom. The fourth-order valence-electron chi connectivity index (χ4n) is 1.38. The third kappa shape index (κ3) is 4.77. The highest BCUT2D eigenvalue weighted by atomic mass is 28.4. The van der Waals surface area contributed by atoms with Gasteiger partial charge in [-0.25, -0.2) is 0 Å². The number of nitrogens with one attached hydrogen (secondary N) is 1. The van der Waals surface area contributed by atoms with Gasteiger partial charge in [-0.2, -0.15) is 0 Å². The Labute approximate surface area is 106 Å². The van der Waals surface area contributed by atoms with Crippen molar-refractivity contribution in [1.82, 2.24) is 5.32 Å². The second kappa shape index (κ2) is 5.98. The lowest BCUT2D eigenvalue weighted by atomic mass is 10.0. The molecule has 0 aromatic rings. The summed E-state index contributed by atoms with van der Waals surface area (Å²) in [5.41, 5.74) is 0. The number of carboxylic acid groups (broad SMARTS) is 1. The predicted molar refractivity (Wildman–Crippen MR) is 70.2 cm³/mol. The van der Waals surface area contributed by atoms with Gasteiger partial charge in [-0.15, -0.1) is 0 Å². The van der Waals surface area contributed by atoms with E-state index in [0.29, 0.717) is 6.54 Å². The van der Waals surface area contributed by atoms with E-state index < -0.39 is 20.2 Å². The van der Waals surface area contributed by atoms with Gasteiger partial charge in [0.25, 0.3) is 0 Å². The smallest absolute Gasteiger partial charge is 0.192 e. The second-order valence-corrected chi connectivity index (χ2v) is 10.8. The zero-order chi connectivity index (χ0) is 13.9. The first-order valence-electron chi connectivity index (χ1n) is 6.06. The molecule has 0 saturated heterocycles. The van der Waals surface area contributed by atoms with E-state index in [4.69, 9.17) is 4.43 Å². The first kappa shape index (κ1) is 16.6. The lowest BCUT2D eigenvalue weighted by Gasteiger charge is -2.40. The molecule has 2 atom stereocenters. The summed E-state index contributed by atoms with van der Waals surface area (Å²) in [5.74, 6) is -1.65. The van der Waals surface area contributed by atoms with Crippen LogP contribution < -0.4 is 10.4 Å². The number of carbonyl (C=O) groups is 1. The van der Waals surface area contributed by atoms with Gasteiger partial charge in [0.2, 0.25) is 0 Å². The van der Waals surface area contributed by atoms with Crippen LogP contribution in [-0.4, -0.2) is 34.0 Å². The van der Waals surface area contributed by atoms with E-state index in [-0.39, 0.29) is 11.1 Å². The summed E-state index contributed by atoms with van der Waals surface area (Å²) >= 11 is 0. The summed E-state index contributed by atoms with van der Waals surface area (Å²) in [5, 5.41) is 14.0. The van der Waals surface area contributed by atoms with Gasteiger partial charge in [-0.05, 0) is 32.1 Å². The van der Waals surface area contributed by atoms with Gasteiger partial charge in [-0.1, -0.05) is 20.8 Å². The zero-order valence-corrected chi connectivity index (χ0v) is 13.1. The van der Waals surface area contributed by atoms with Crippen LogP contribution in [0.3, 0.4) is 0 Å². The van der Waals surface area contributed by atoms with Gasteiger partial charge in [0.05, 0.1) is 6.10 Å². The minimum absolute atomic E-state index is 0.0807. The second-order valence-electron chi connectivity index (χ2n) is 6.07. The third-order valence-electron chi connectivity index (χ3n) is 3.58. The molecule has 0 bridgehead atoms. The molecular formula is C12H26NO3Si-. The molecule has 4 nitrogen and oxygen atoms in total. The van der Waals surface area contributed by atoms with Crippen molar-refractivity contribution in [3.8, 4) is 0 Å². The molecule has 0 aliphatic carbocycles. The Morgan fingerprint density at radius 3 is 2.18 bits per heavy atom. The average Bonchev–Trinajstić information content (AvgIpc) is 2.10. The van der Waals surface area contributed by atoms with Crippen LogP contribution in [0.25, 0.3) is 0 Å². The summed E-state index contributed by atoms with van der Waals surface area (Å²) in [6.45, 7) is 12.8. The van der Waals surface area contributed by atoms with Crippen molar-refractivity contribution in [3.63, 3.8) is 0 Å². The Morgan fingerprint density at radius 2 is 1.88 bits per heavy atom. The molecule has 0 saturated carbocycles. The largest absolute Gasteiger partial charge is 0.550 e. The molecule has 2 unspecified atom stereocenters. The van der Waals surface area contributed by atoms with Crippen LogP contribution in [0.5, 0.6) is 0 Å². The molecular weight excluding hydrogens is 234 g/mol. The maximum absolute atomic E-state index is 11.1. The van der Waals surface area contributed by atoms with E-state index >= 15 is 0 Å². The molecule has 0 radical (unpaired) electrons. The van der Waals surface area contributed by atoms with Crippen LogP contribution in [0.4, 0.5) is 0 Å². The van der Waals surface area contributed by atoms with Crippen LogP contribution >= 0.6 is 0 Å². The molecule has 0 aliphatic heterocycles. The number of carboxylic acids is 1. The molecule has 0 aromatic carbocycles.